The number of hydrogen-bond acceptors (Lipinski definition) is 5. The summed E-state index contributed by atoms with van der Waals surface area (Å²) >= 11 is 0. The van der Waals surface area contributed by atoms with Gasteiger partial charge in [0.15, 0.2) is 11.5 Å². The Bertz CT molecular complexity index is 721. The van der Waals surface area contributed by atoms with Gasteiger partial charge in [0, 0.05) is 32.7 Å². The number of piperazine rings is 1. The Morgan fingerprint density at radius 2 is 1.50 bits per heavy atom. The SMILES string of the molecule is COc1cc(CN2CCN(c3ccccc3F)CC2)cc(OC)c1OC. The second-order valence-corrected chi connectivity index (χ2v) is 6.25. The van der Waals surface area contributed by atoms with Gasteiger partial charge >= 0.3 is 0 Å². The van der Waals surface area contributed by atoms with Gasteiger partial charge < -0.3 is 19.1 Å². The molecule has 1 saturated heterocycles. The largest absolute Gasteiger partial charge is 0.493 e. The number of methoxy groups -OCH3 is 3. The van der Waals surface area contributed by atoms with Gasteiger partial charge in [-0.3, -0.25) is 4.90 Å². The highest BCUT2D eigenvalue weighted by Crippen LogP contribution is 2.38. The summed E-state index contributed by atoms with van der Waals surface area (Å²) < 4.78 is 30.2. The molecule has 5 nitrogen and oxygen atoms in total. The highest BCUT2D eigenvalue weighted by Gasteiger charge is 2.20. The number of nitrogens with zero attached hydrogens (tertiary/aromatic N) is 2. The van der Waals surface area contributed by atoms with Crippen LogP contribution in [0.1, 0.15) is 5.56 Å². The summed E-state index contributed by atoms with van der Waals surface area (Å²) in [6.07, 6.45) is 0. The highest BCUT2D eigenvalue weighted by atomic mass is 19.1. The molecule has 2 aromatic carbocycles. The van der Waals surface area contributed by atoms with Crippen molar-refractivity contribution < 1.29 is 18.6 Å². The lowest BCUT2D eigenvalue weighted by molar-refractivity contribution is 0.248. The van der Waals surface area contributed by atoms with E-state index >= 15 is 0 Å². The van der Waals surface area contributed by atoms with Gasteiger partial charge in [-0.25, -0.2) is 4.39 Å². The molecule has 0 amide bonds. The lowest BCUT2D eigenvalue weighted by Crippen LogP contribution is -2.46. The molecule has 2 aromatic rings. The van der Waals surface area contributed by atoms with Crippen LogP contribution in [0.25, 0.3) is 0 Å². The Kier molecular flexibility index (Phi) is 5.83. The summed E-state index contributed by atoms with van der Waals surface area (Å²) in [6, 6.07) is 10.9. The monoisotopic (exact) mass is 360 g/mol. The minimum Gasteiger partial charge on any atom is -0.493 e. The molecule has 0 N–H and O–H groups in total. The van der Waals surface area contributed by atoms with E-state index in [9.17, 15) is 4.39 Å². The van der Waals surface area contributed by atoms with Crippen LogP contribution in [-0.2, 0) is 6.54 Å². The fourth-order valence-electron chi connectivity index (χ4n) is 3.34. The first kappa shape index (κ1) is 18.3. The molecule has 0 aliphatic carbocycles. The summed E-state index contributed by atoms with van der Waals surface area (Å²) in [4.78, 5) is 4.44. The third-order valence-electron chi connectivity index (χ3n) is 4.70. The molecule has 3 rings (SSSR count). The zero-order chi connectivity index (χ0) is 18.5. The maximum atomic E-state index is 14.0. The minimum absolute atomic E-state index is 0.162. The van der Waals surface area contributed by atoms with Gasteiger partial charge in [-0.15, -0.1) is 0 Å². The second kappa shape index (κ2) is 8.27. The summed E-state index contributed by atoms with van der Waals surface area (Å²) in [5.41, 5.74) is 1.78. The number of hydrogen-bond donors (Lipinski definition) is 0. The van der Waals surface area contributed by atoms with Crippen LogP contribution in [-0.4, -0.2) is 52.4 Å². The van der Waals surface area contributed by atoms with Crippen LogP contribution < -0.4 is 19.1 Å². The van der Waals surface area contributed by atoms with Crippen molar-refractivity contribution in [3.8, 4) is 17.2 Å². The quantitative estimate of drug-likeness (QED) is 0.790. The molecule has 6 heteroatoms. The summed E-state index contributed by atoms with van der Waals surface area (Å²) in [6.45, 7) is 4.11. The zero-order valence-electron chi connectivity index (χ0n) is 15.5. The van der Waals surface area contributed by atoms with Crippen LogP contribution in [0.4, 0.5) is 10.1 Å². The fourth-order valence-corrected chi connectivity index (χ4v) is 3.34. The Hall–Kier alpha value is -2.47. The third-order valence-corrected chi connectivity index (χ3v) is 4.70. The molecule has 0 radical (unpaired) electrons. The minimum atomic E-state index is -0.162. The van der Waals surface area contributed by atoms with Crippen LogP contribution in [0.2, 0.25) is 0 Å². The zero-order valence-corrected chi connectivity index (χ0v) is 15.5. The number of rotatable bonds is 6. The van der Waals surface area contributed by atoms with E-state index in [0.29, 0.717) is 22.9 Å². The molecule has 0 saturated carbocycles. The third kappa shape index (κ3) is 3.85. The highest BCUT2D eigenvalue weighted by molar-refractivity contribution is 5.54. The van der Waals surface area contributed by atoms with Crippen LogP contribution in [0.3, 0.4) is 0 Å². The van der Waals surface area contributed by atoms with Crippen molar-refractivity contribution >= 4 is 5.69 Å². The molecule has 1 heterocycles. The first-order valence-corrected chi connectivity index (χ1v) is 8.67. The molecular formula is C20H25FN2O3. The molecule has 1 aliphatic rings. The predicted octanol–water partition coefficient (Wildman–Crippen LogP) is 3.17. The molecule has 1 aliphatic heterocycles. The van der Waals surface area contributed by atoms with Crippen LogP contribution in [0, 0.1) is 5.82 Å². The van der Waals surface area contributed by atoms with Crippen molar-refractivity contribution in [1.82, 2.24) is 4.90 Å². The summed E-state index contributed by atoms with van der Waals surface area (Å²) in [5.74, 6) is 1.76. The van der Waals surface area contributed by atoms with Crippen molar-refractivity contribution in [3.05, 3.63) is 47.8 Å². The van der Waals surface area contributed by atoms with Crippen molar-refractivity contribution in [1.29, 1.82) is 0 Å². The lowest BCUT2D eigenvalue weighted by atomic mass is 10.1. The van der Waals surface area contributed by atoms with Crippen LogP contribution in [0.15, 0.2) is 36.4 Å². The first-order chi connectivity index (χ1) is 12.7. The van der Waals surface area contributed by atoms with Crippen molar-refractivity contribution in [2.24, 2.45) is 0 Å². The van der Waals surface area contributed by atoms with Gasteiger partial charge in [0.1, 0.15) is 5.82 Å². The molecular weight excluding hydrogens is 335 g/mol. The van der Waals surface area contributed by atoms with E-state index in [1.54, 1.807) is 27.4 Å². The Morgan fingerprint density at radius 3 is 2.04 bits per heavy atom. The number of para-hydroxylation sites is 1. The molecule has 140 valence electrons. The van der Waals surface area contributed by atoms with Crippen LogP contribution >= 0.6 is 0 Å². The average molecular weight is 360 g/mol. The lowest BCUT2D eigenvalue weighted by Gasteiger charge is -2.36. The van der Waals surface area contributed by atoms with Gasteiger partial charge in [0.25, 0.3) is 0 Å². The Balaban J connectivity index is 1.67. The first-order valence-electron chi connectivity index (χ1n) is 8.67. The van der Waals surface area contributed by atoms with E-state index in [1.165, 1.54) is 6.07 Å². The number of ether oxygens (including phenoxy) is 3. The number of benzene rings is 2. The van der Waals surface area contributed by atoms with E-state index in [-0.39, 0.29) is 5.82 Å². The van der Waals surface area contributed by atoms with E-state index in [0.717, 1.165) is 38.3 Å². The number of halogens is 1. The Morgan fingerprint density at radius 1 is 0.885 bits per heavy atom. The van der Waals surface area contributed by atoms with E-state index < -0.39 is 0 Å². The molecule has 0 spiro atoms. The second-order valence-electron chi connectivity index (χ2n) is 6.25. The van der Waals surface area contributed by atoms with Gasteiger partial charge in [-0.2, -0.15) is 0 Å². The van der Waals surface area contributed by atoms with Crippen LogP contribution in [0.5, 0.6) is 17.2 Å². The topological polar surface area (TPSA) is 34.2 Å². The van der Waals surface area contributed by atoms with Gasteiger partial charge in [-0.05, 0) is 29.8 Å². The van der Waals surface area contributed by atoms with Crippen molar-refractivity contribution in [2.75, 3.05) is 52.4 Å². The summed E-state index contributed by atoms with van der Waals surface area (Å²) in [5, 5.41) is 0. The van der Waals surface area contributed by atoms with E-state index in [2.05, 4.69) is 9.80 Å². The van der Waals surface area contributed by atoms with Gasteiger partial charge in [0.05, 0.1) is 27.0 Å². The standard InChI is InChI=1S/C20H25FN2O3/c1-24-18-12-15(13-19(25-2)20(18)26-3)14-22-8-10-23(11-9-22)17-7-5-4-6-16(17)21/h4-7,12-13H,8-11,14H2,1-3H3. The number of anilines is 1. The van der Waals surface area contributed by atoms with Gasteiger partial charge in [-0.1, -0.05) is 12.1 Å². The molecule has 0 aromatic heterocycles. The fraction of sp³-hybridized carbons (Fsp3) is 0.400. The Labute approximate surface area is 153 Å². The molecule has 0 unspecified atom stereocenters. The molecule has 1 fully saturated rings. The maximum absolute atomic E-state index is 14.0. The molecule has 0 atom stereocenters. The van der Waals surface area contributed by atoms with E-state index in [1.807, 2.05) is 24.3 Å². The summed E-state index contributed by atoms with van der Waals surface area (Å²) in [7, 11) is 4.84. The smallest absolute Gasteiger partial charge is 0.203 e. The maximum Gasteiger partial charge on any atom is 0.203 e. The van der Waals surface area contributed by atoms with Gasteiger partial charge in [0.2, 0.25) is 5.75 Å². The normalized spacial score (nSPS) is 15.0. The van der Waals surface area contributed by atoms with Crippen molar-refractivity contribution in [3.63, 3.8) is 0 Å². The predicted molar refractivity (Wildman–Crippen MR) is 100.0 cm³/mol. The molecule has 26 heavy (non-hydrogen) atoms. The molecule has 0 bridgehead atoms. The average Bonchev–Trinajstić information content (AvgIpc) is 2.68. The van der Waals surface area contributed by atoms with E-state index in [4.69, 9.17) is 14.2 Å². The van der Waals surface area contributed by atoms with Crippen molar-refractivity contribution in [2.45, 2.75) is 6.54 Å².